The number of anilines is 1. The van der Waals surface area contributed by atoms with Crippen LogP contribution in [0.3, 0.4) is 0 Å². The minimum atomic E-state index is -0.277. The molecule has 1 aliphatic heterocycles. The van der Waals surface area contributed by atoms with Crippen LogP contribution < -0.4 is 16.0 Å². The van der Waals surface area contributed by atoms with Crippen LogP contribution in [0, 0.1) is 0 Å². The lowest BCUT2D eigenvalue weighted by Gasteiger charge is -2.10. The summed E-state index contributed by atoms with van der Waals surface area (Å²) < 4.78 is 0. The molecule has 108 valence electrons. The normalized spacial score (nSPS) is 17.6. The van der Waals surface area contributed by atoms with Crippen LogP contribution in [0.5, 0.6) is 0 Å². The molecule has 7 nitrogen and oxygen atoms in total. The Hall–Kier alpha value is -2.18. The zero-order valence-corrected chi connectivity index (χ0v) is 11.5. The highest BCUT2D eigenvalue weighted by atomic mass is 16.2. The highest BCUT2D eigenvalue weighted by Gasteiger charge is 2.21. The molecule has 1 saturated heterocycles. The Bertz CT molecular complexity index is 474. The third-order valence-electron chi connectivity index (χ3n) is 3.05. The van der Waals surface area contributed by atoms with Gasteiger partial charge in [-0.25, -0.2) is 0 Å². The fraction of sp³-hybridized carbons (Fsp3) is 0.538. The van der Waals surface area contributed by atoms with E-state index in [1.165, 1.54) is 0 Å². The van der Waals surface area contributed by atoms with Gasteiger partial charge in [-0.2, -0.15) is 0 Å². The Morgan fingerprint density at radius 3 is 2.90 bits per heavy atom. The molecule has 0 radical (unpaired) electrons. The van der Waals surface area contributed by atoms with Gasteiger partial charge in [0.15, 0.2) is 5.69 Å². The first kappa shape index (κ1) is 14.2. The maximum atomic E-state index is 11.9. The standard InChI is InChI=1S/C13H19N5O2/c1-2-7-14-11-5-4-10(17-18-11)13(20)15-8-9-3-6-12(19)16-9/h4-5,9H,2-3,6-8H2,1H3,(H,14,18)(H,15,20)(H,16,19). The van der Waals surface area contributed by atoms with Gasteiger partial charge < -0.3 is 16.0 Å². The first-order chi connectivity index (χ1) is 9.69. The summed E-state index contributed by atoms with van der Waals surface area (Å²) in [6.45, 7) is 3.30. The van der Waals surface area contributed by atoms with Gasteiger partial charge in [0, 0.05) is 25.6 Å². The molecule has 0 bridgehead atoms. The molecule has 20 heavy (non-hydrogen) atoms. The molecule has 7 heteroatoms. The summed E-state index contributed by atoms with van der Waals surface area (Å²) in [6.07, 6.45) is 2.28. The smallest absolute Gasteiger partial charge is 0.271 e. The highest BCUT2D eigenvalue weighted by Crippen LogP contribution is 2.06. The summed E-state index contributed by atoms with van der Waals surface area (Å²) in [5.41, 5.74) is 0.274. The van der Waals surface area contributed by atoms with Crippen LogP contribution in [0.15, 0.2) is 12.1 Å². The van der Waals surface area contributed by atoms with E-state index in [1.54, 1.807) is 12.1 Å². The van der Waals surface area contributed by atoms with Gasteiger partial charge in [0.2, 0.25) is 5.91 Å². The molecule has 2 heterocycles. The SMILES string of the molecule is CCCNc1ccc(C(=O)NCC2CCC(=O)N2)nn1. The molecule has 1 unspecified atom stereocenters. The van der Waals surface area contributed by atoms with Crippen LogP contribution in [-0.4, -0.2) is 41.1 Å². The maximum Gasteiger partial charge on any atom is 0.271 e. The maximum absolute atomic E-state index is 11.9. The van der Waals surface area contributed by atoms with Crippen LogP contribution >= 0.6 is 0 Å². The molecule has 0 spiro atoms. The number of carbonyl (C=O) groups is 2. The van der Waals surface area contributed by atoms with E-state index in [-0.39, 0.29) is 23.6 Å². The summed E-state index contributed by atoms with van der Waals surface area (Å²) in [4.78, 5) is 22.9. The topological polar surface area (TPSA) is 96.0 Å². The van der Waals surface area contributed by atoms with E-state index in [9.17, 15) is 9.59 Å². The molecular weight excluding hydrogens is 258 g/mol. The largest absolute Gasteiger partial charge is 0.369 e. The quantitative estimate of drug-likeness (QED) is 0.695. The molecule has 0 aromatic carbocycles. The fourth-order valence-electron chi connectivity index (χ4n) is 1.94. The van der Waals surface area contributed by atoms with Gasteiger partial charge in [0.25, 0.3) is 5.91 Å². The van der Waals surface area contributed by atoms with E-state index in [4.69, 9.17) is 0 Å². The number of hydrogen-bond donors (Lipinski definition) is 3. The van der Waals surface area contributed by atoms with Gasteiger partial charge in [0.05, 0.1) is 0 Å². The average Bonchev–Trinajstić information content (AvgIpc) is 2.89. The van der Waals surface area contributed by atoms with Crippen molar-refractivity contribution in [3.8, 4) is 0 Å². The van der Waals surface area contributed by atoms with Crippen LogP contribution in [0.4, 0.5) is 5.82 Å². The van der Waals surface area contributed by atoms with Gasteiger partial charge in [-0.1, -0.05) is 6.92 Å². The van der Waals surface area contributed by atoms with Crippen LogP contribution in [0.25, 0.3) is 0 Å². The third-order valence-corrected chi connectivity index (χ3v) is 3.05. The summed E-state index contributed by atoms with van der Waals surface area (Å²) >= 11 is 0. The van der Waals surface area contributed by atoms with E-state index in [0.717, 1.165) is 19.4 Å². The molecular formula is C13H19N5O2. The lowest BCUT2D eigenvalue weighted by molar-refractivity contribution is -0.119. The molecule has 2 amide bonds. The van der Waals surface area contributed by atoms with Crippen molar-refractivity contribution in [2.75, 3.05) is 18.4 Å². The molecule has 1 aromatic heterocycles. The Kier molecular flexibility index (Phi) is 4.86. The third kappa shape index (κ3) is 3.91. The number of nitrogens with one attached hydrogen (secondary N) is 3. The predicted octanol–water partition coefficient (Wildman–Crippen LogP) is 0.307. The number of hydrogen-bond acceptors (Lipinski definition) is 5. The molecule has 1 aromatic rings. The minimum absolute atomic E-state index is 0.0184. The number of amides is 2. The van der Waals surface area contributed by atoms with Crippen molar-refractivity contribution in [3.05, 3.63) is 17.8 Å². The second-order valence-electron chi connectivity index (χ2n) is 4.74. The van der Waals surface area contributed by atoms with Gasteiger partial charge in [-0.15, -0.1) is 10.2 Å². The zero-order valence-electron chi connectivity index (χ0n) is 11.5. The number of rotatable bonds is 6. The molecule has 0 aliphatic carbocycles. The van der Waals surface area contributed by atoms with Crippen LogP contribution in [-0.2, 0) is 4.79 Å². The van der Waals surface area contributed by atoms with Gasteiger partial charge in [-0.3, -0.25) is 9.59 Å². The van der Waals surface area contributed by atoms with Crippen molar-refractivity contribution >= 4 is 17.6 Å². The van der Waals surface area contributed by atoms with Crippen LogP contribution in [0.2, 0.25) is 0 Å². The molecule has 1 fully saturated rings. The Morgan fingerprint density at radius 1 is 1.45 bits per heavy atom. The Labute approximate surface area is 117 Å². The summed E-state index contributed by atoms with van der Waals surface area (Å²) in [6, 6.07) is 3.38. The van der Waals surface area contributed by atoms with Crippen molar-refractivity contribution in [1.29, 1.82) is 0 Å². The molecule has 3 N–H and O–H groups in total. The average molecular weight is 277 g/mol. The first-order valence-corrected chi connectivity index (χ1v) is 6.84. The van der Waals surface area contributed by atoms with Crippen molar-refractivity contribution in [2.24, 2.45) is 0 Å². The minimum Gasteiger partial charge on any atom is -0.369 e. The van der Waals surface area contributed by atoms with E-state index >= 15 is 0 Å². The fourth-order valence-corrected chi connectivity index (χ4v) is 1.94. The second-order valence-corrected chi connectivity index (χ2v) is 4.74. The highest BCUT2D eigenvalue weighted by molar-refractivity contribution is 5.92. The first-order valence-electron chi connectivity index (χ1n) is 6.84. The van der Waals surface area contributed by atoms with Crippen molar-refractivity contribution in [3.63, 3.8) is 0 Å². The van der Waals surface area contributed by atoms with Crippen molar-refractivity contribution in [1.82, 2.24) is 20.8 Å². The van der Waals surface area contributed by atoms with Crippen molar-refractivity contribution < 1.29 is 9.59 Å². The summed E-state index contributed by atoms with van der Waals surface area (Å²) in [7, 11) is 0. The lowest BCUT2D eigenvalue weighted by Crippen LogP contribution is -2.38. The molecule has 2 rings (SSSR count). The Morgan fingerprint density at radius 2 is 2.30 bits per heavy atom. The van der Waals surface area contributed by atoms with E-state index in [1.807, 2.05) is 0 Å². The number of carbonyl (C=O) groups excluding carboxylic acids is 2. The molecule has 0 saturated carbocycles. The van der Waals surface area contributed by atoms with Crippen molar-refractivity contribution in [2.45, 2.75) is 32.2 Å². The van der Waals surface area contributed by atoms with E-state index < -0.39 is 0 Å². The van der Waals surface area contributed by atoms with E-state index in [2.05, 4.69) is 33.1 Å². The number of nitrogens with zero attached hydrogens (tertiary/aromatic N) is 2. The monoisotopic (exact) mass is 277 g/mol. The second kappa shape index (κ2) is 6.83. The lowest BCUT2D eigenvalue weighted by atomic mass is 10.2. The number of aromatic nitrogens is 2. The zero-order chi connectivity index (χ0) is 14.4. The predicted molar refractivity (Wildman–Crippen MR) is 74.3 cm³/mol. The van der Waals surface area contributed by atoms with Gasteiger partial charge in [0.1, 0.15) is 5.82 Å². The molecule has 1 aliphatic rings. The Balaban J connectivity index is 1.81. The summed E-state index contributed by atoms with van der Waals surface area (Å²) in [5.74, 6) is 0.419. The van der Waals surface area contributed by atoms with Gasteiger partial charge in [-0.05, 0) is 25.0 Å². The molecule has 1 atom stereocenters. The van der Waals surface area contributed by atoms with Gasteiger partial charge >= 0.3 is 0 Å². The summed E-state index contributed by atoms with van der Waals surface area (Å²) in [5, 5.41) is 16.4. The van der Waals surface area contributed by atoms with Crippen LogP contribution in [0.1, 0.15) is 36.7 Å². The van der Waals surface area contributed by atoms with E-state index in [0.29, 0.717) is 18.8 Å².